The van der Waals surface area contributed by atoms with Gasteiger partial charge in [0.2, 0.25) is 0 Å². The fraction of sp³-hybridized carbons (Fsp3) is 0. The number of nitrogens with one attached hydrogen (secondary N) is 1. The number of benzene rings is 2. The Morgan fingerprint density at radius 2 is 1.00 bits per heavy atom. The summed E-state index contributed by atoms with van der Waals surface area (Å²) in [4.78, 5) is 40.6. The third-order valence-electron chi connectivity index (χ3n) is 3.17. The van der Waals surface area contributed by atoms with Gasteiger partial charge in [0.1, 0.15) is 0 Å². The highest BCUT2D eigenvalue weighted by atomic mass is 79.9. The van der Waals surface area contributed by atoms with E-state index in [4.69, 9.17) is 0 Å². The highest BCUT2D eigenvalue weighted by Crippen LogP contribution is 2.44. The van der Waals surface area contributed by atoms with Crippen LogP contribution >= 0.6 is 31.9 Å². The molecule has 0 atom stereocenters. The summed E-state index contributed by atoms with van der Waals surface area (Å²) < 4.78 is 0.149. The summed E-state index contributed by atoms with van der Waals surface area (Å²) in [5.41, 5.74) is -3.57. The lowest BCUT2D eigenvalue weighted by Crippen LogP contribution is -2.04. The van der Waals surface area contributed by atoms with Crippen molar-refractivity contribution < 1.29 is 19.7 Å². The fourth-order valence-electron chi connectivity index (χ4n) is 2.03. The SMILES string of the molecule is O=[N+]([O-])c1cc(Br)c(Nc2c([N+](=O)[O-])cc([N+](=O)[O-])cc2[N+](=O)[O-])c(Br)c1. The van der Waals surface area contributed by atoms with E-state index < -0.39 is 42.4 Å². The van der Waals surface area contributed by atoms with Gasteiger partial charge in [0.25, 0.3) is 11.4 Å². The summed E-state index contributed by atoms with van der Waals surface area (Å²) >= 11 is 6.08. The predicted molar refractivity (Wildman–Crippen MR) is 98.2 cm³/mol. The molecule has 0 amide bonds. The van der Waals surface area contributed by atoms with Crippen molar-refractivity contribution in [2.45, 2.75) is 0 Å². The van der Waals surface area contributed by atoms with Crippen LogP contribution in [0.1, 0.15) is 0 Å². The van der Waals surface area contributed by atoms with Crippen molar-refractivity contribution in [2.75, 3.05) is 5.32 Å². The Hall–Kier alpha value is -3.20. The highest BCUT2D eigenvalue weighted by molar-refractivity contribution is 9.11. The molecule has 2 rings (SSSR count). The molecule has 0 aromatic heterocycles. The normalized spacial score (nSPS) is 10.3. The van der Waals surface area contributed by atoms with Gasteiger partial charge in [-0.25, -0.2) is 0 Å². The lowest BCUT2D eigenvalue weighted by Gasteiger charge is -2.11. The Morgan fingerprint density at radius 1 is 0.630 bits per heavy atom. The number of hydrogen-bond acceptors (Lipinski definition) is 9. The van der Waals surface area contributed by atoms with Crippen LogP contribution in [0.4, 0.5) is 34.1 Å². The second-order valence-corrected chi connectivity index (χ2v) is 6.51. The summed E-state index contributed by atoms with van der Waals surface area (Å²) in [6.07, 6.45) is 0. The van der Waals surface area contributed by atoms with Crippen molar-refractivity contribution in [1.29, 1.82) is 0 Å². The van der Waals surface area contributed by atoms with Gasteiger partial charge in [-0.15, -0.1) is 0 Å². The monoisotopic (exact) mass is 505 g/mol. The first-order valence-electron chi connectivity index (χ1n) is 6.54. The van der Waals surface area contributed by atoms with E-state index in [1.807, 2.05) is 0 Å². The van der Waals surface area contributed by atoms with Gasteiger partial charge in [-0.1, -0.05) is 0 Å². The van der Waals surface area contributed by atoms with E-state index in [1.165, 1.54) is 0 Å². The Bertz CT molecular complexity index is 953. The largest absolute Gasteiger partial charge is 0.342 e. The first-order valence-corrected chi connectivity index (χ1v) is 8.13. The molecule has 2 aromatic rings. The van der Waals surface area contributed by atoms with Crippen molar-refractivity contribution in [3.8, 4) is 0 Å². The van der Waals surface area contributed by atoms with Crippen molar-refractivity contribution in [3.63, 3.8) is 0 Å². The molecule has 0 fully saturated rings. The molecular weight excluding hydrogens is 502 g/mol. The topological polar surface area (TPSA) is 185 Å². The number of nitro groups is 4. The number of anilines is 2. The average Bonchev–Trinajstić information content (AvgIpc) is 2.56. The third-order valence-corrected chi connectivity index (χ3v) is 4.42. The second kappa shape index (κ2) is 7.58. The molecule has 13 nitrogen and oxygen atoms in total. The van der Waals surface area contributed by atoms with Gasteiger partial charge in [0, 0.05) is 21.1 Å². The summed E-state index contributed by atoms with van der Waals surface area (Å²) in [5, 5.41) is 46.8. The zero-order chi connectivity index (χ0) is 20.5. The van der Waals surface area contributed by atoms with Gasteiger partial charge in [-0.2, -0.15) is 0 Å². The molecule has 0 saturated carbocycles. The molecule has 27 heavy (non-hydrogen) atoms. The van der Waals surface area contributed by atoms with Crippen molar-refractivity contribution in [2.24, 2.45) is 0 Å². The van der Waals surface area contributed by atoms with Crippen molar-refractivity contribution >= 4 is 66.0 Å². The molecule has 1 N–H and O–H groups in total. The minimum atomic E-state index is -1.02. The van der Waals surface area contributed by atoms with Crippen molar-refractivity contribution in [1.82, 2.24) is 0 Å². The highest BCUT2D eigenvalue weighted by Gasteiger charge is 2.31. The average molecular weight is 507 g/mol. The molecule has 0 aliphatic heterocycles. The van der Waals surface area contributed by atoms with Gasteiger partial charge in [0.05, 0.1) is 37.5 Å². The predicted octanol–water partition coefficient (Wildman–Crippen LogP) is 4.59. The van der Waals surface area contributed by atoms with Crippen LogP contribution in [0.25, 0.3) is 0 Å². The smallest absolute Gasteiger partial charge is 0.306 e. The summed E-state index contributed by atoms with van der Waals surface area (Å²) in [7, 11) is 0. The van der Waals surface area contributed by atoms with Gasteiger partial charge < -0.3 is 5.32 Å². The third kappa shape index (κ3) is 4.14. The van der Waals surface area contributed by atoms with E-state index in [9.17, 15) is 40.5 Å². The molecule has 0 heterocycles. The van der Waals surface area contributed by atoms with Crippen LogP contribution < -0.4 is 5.32 Å². The quantitative estimate of drug-likeness (QED) is 0.431. The van der Waals surface area contributed by atoms with E-state index in [0.717, 1.165) is 12.1 Å². The van der Waals surface area contributed by atoms with E-state index in [0.29, 0.717) is 12.1 Å². The second-order valence-electron chi connectivity index (χ2n) is 4.80. The first-order chi connectivity index (χ1) is 12.5. The van der Waals surface area contributed by atoms with Crippen LogP contribution in [0, 0.1) is 40.5 Å². The maximum absolute atomic E-state index is 11.3. The van der Waals surface area contributed by atoms with E-state index >= 15 is 0 Å². The van der Waals surface area contributed by atoms with Crippen LogP contribution in [0.5, 0.6) is 0 Å². The number of non-ortho nitro benzene ring substituents is 2. The maximum Gasteiger partial charge on any atom is 0.306 e. The number of nitro benzene ring substituents is 4. The minimum absolute atomic E-state index is 0.0145. The molecule has 0 aliphatic carbocycles. The molecule has 0 saturated heterocycles. The Labute approximate surface area is 164 Å². The molecule has 0 aliphatic rings. The van der Waals surface area contributed by atoms with Gasteiger partial charge >= 0.3 is 11.4 Å². The number of halogens is 2. The Morgan fingerprint density at radius 3 is 1.33 bits per heavy atom. The standard InChI is InChI=1S/C12H5Br2N5O8/c13-7-1-5(16(20)21)2-8(14)11(7)15-12-9(18(24)25)3-6(17(22)23)4-10(12)19(26)27/h1-4,15H. The lowest BCUT2D eigenvalue weighted by molar-refractivity contribution is -0.401. The molecule has 140 valence electrons. The number of hydrogen-bond donors (Lipinski definition) is 1. The molecule has 0 spiro atoms. The molecule has 0 bridgehead atoms. The lowest BCUT2D eigenvalue weighted by atomic mass is 10.2. The van der Waals surface area contributed by atoms with Crippen LogP contribution in [-0.2, 0) is 0 Å². The fourth-order valence-corrected chi connectivity index (χ4v) is 3.39. The van der Waals surface area contributed by atoms with E-state index in [-0.39, 0.29) is 20.3 Å². The maximum atomic E-state index is 11.3. The molecule has 0 radical (unpaired) electrons. The van der Waals surface area contributed by atoms with Crippen LogP contribution in [0.3, 0.4) is 0 Å². The molecule has 2 aromatic carbocycles. The van der Waals surface area contributed by atoms with Crippen molar-refractivity contribution in [3.05, 3.63) is 73.7 Å². The Balaban J connectivity index is 2.72. The van der Waals surface area contributed by atoms with Crippen LogP contribution in [0.15, 0.2) is 33.2 Å². The molecular formula is C12H5Br2N5O8. The summed E-state index contributed by atoms with van der Waals surface area (Å²) in [5.74, 6) is 0. The van der Waals surface area contributed by atoms with E-state index in [1.54, 1.807) is 0 Å². The molecule has 0 unspecified atom stereocenters. The summed E-state index contributed by atoms with van der Waals surface area (Å²) in [6.45, 7) is 0. The van der Waals surface area contributed by atoms with Gasteiger partial charge in [-0.3, -0.25) is 40.5 Å². The van der Waals surface area contributed by atoms with Crippen LogP contribution in [-0.4, -0.2) is 19.7 Å². The minimum Gasteiger partial charge on any atom is -0.342 e. The Kier molecular flexibility index (Phi) is 5.65. The number of rotatable bonds is 6. The summed E-state index contributed by atoms with van der Waals surface area (Å²) in [6, 6.07) is 3.30. The zero-order valence-electron chi connectivity index (χ0n) is 12.6. The van der Waals surface area contributed by atoms with Gasteiger partial charge in [0.15, 0.2) is 5.69 Å². The number of nitrogens with zero attached hydrogens (tertiary/aromatic N) is 4. The van der Waals surface area contributed by atoms with Gasteiger partial charge in [-0.05, 0) is 31.9 Å². The molecule has 15 heteroatoms. The zero-order valence-corrected chi connectivity index (χ0v) is 15.8. The first kappa shape index (κ1) is 20.1. The van der Waals surface area contributed by atoms with E-state index in [2.05, 4.69) is 37.2 Å². The van der Waals surface area contributed by atoms with Crippen LogP contribution in [0.2, 0.25) is 0 Å².